The molecule has 0 aromatic carbocycles. The first-order chi connectivity index (χ1) is 9.08. The Balaban J connectivity index is 0.000000191. The highest BCUT2D eigenvalue weighted by atomic mass is 16.5. The molecule has 1 aliphatic carbocycles. The monoisotopic (exact) mass is 268 g/mol. The fraction of sp³-hybridized carbons (Fsp3) is 1.00. The summed E-state index contributed by atoms with van der Waals surface area (Å²) in [7, 11) is 0. The van der Waals surface area contributed by atoms with E-state index in [0.717, 1.165) is 36.9 Å². The van der Waals surface area contributed by atoms with E-state index in [1.807, 2.05) is 0 Å². The fourth-order valence-corrected chi connectivity index (χ4v) is 3.56. The van der Waals surface area contributed by atoms with Gasteiger partial charge in [0.05, 0.1) is 0 Å². The van der Waals surface area contributed by atoms with Crippen molar-refractivity contribution in [2.45, 2.75) is 79.1 Å². The Kier molecular flexibility index (Phi) is 8.77. The molecule has 0 aromatic rings. The molecule has 0 atom stereocenters. The highest BCUT2D eigenvalue weighted by Crippen LogP contribution is 2.29. The van der Waals surface area contributed by atoms with Crippen LogP contribution in [0.5, 0.6) is 0 Å². The third-order valence-corrected chi connectivity index (χ3v) is 4.43. The van der Waals surface area contributed by atoms with Crippen LogP contribution in [0.1, 0.15) is 79.1 Å². The smallest absolute Gasteiger partial charge is 0.0468 e. The van der Waals surface area contributed by atoms with E-state index in [1.54, 1.807) is 0 Å². The van der Waals surface area contributed by atoms with Crippen molar-refractivity contribution in [3.05, 3.63) is 0 Å². The van der Waals surface area contributed by atoms with Gasteiger partial charge >= 0.3 is 0 Å². The molecule has 1 saturated heterocycles. The summed E-state index contributed by atoms with van der Waals surface area (Å²) in [6, 6.07) is 0. The Labute approximate surface area is 121 Å². The van der Waals surface area contributed by atoms with Gasteiger partial charge < -0.3 is 4.74 Å². The third-order valence-electron chi connectivity index (χ3n) is 4.43. The summed E-state index contributed by atoms with van der Waals surface area (Å²) in [6.07, 6.45) is 11.5. The van der Waals surface area contributed by atoms with Crippen LogP contribution in [0.15, 0.2) is 0 Å². The van der Waals surface area contributed by atoms with Crippen molar-refractivity contribution in [1.82, 2.24) is 0 Å². The SMILES string of the molecule is CC(C)CC1CCCC1.CC(C)CC1CCOCC1. The zero-order chi connectivity index (χ0) is 14.1. The second kappa shape index (κ2) is 9.80. The molecular weight excluding hydrogens is 232 g/mol. The lowest BCUT2D eigenvalue weighted by Crippen LogP contribution is -2.16. The molecule has 2 rings (SSSR count). The summed E-state index contributed by atoms with van der Waals surface area (Å²) in [5, 5.41) is 0. The Morgan fingerprint density at radius 1 is 0.737 bits per heavy atom. The second-order valence-electron chi connectivity index (χ2n) is 7.47. The molecule has 1 heteroatoms. The lowest BCUT2D eigenvalue weighted by Gasteiger charge is -2.23. The molecule has 0 aromatic heterocycles. The first-order valence-corrected chi connectivity index (χ1v) is 8.65. The minimum atomic E-state index is 0.864. The highest BCUT2D eigenvalue weighted by molar-refractivity contribution is 4.68. The molecule has 1 heterocycles. The van der Waals surface area contributed by atoms with Gasteiger partial charge in [0.25, 0.3) is 0 Å². The van der Waals surface area contributed by atoms with Gasteiger partial charge in [-0.2, -0.15) is 0 Å². The van der Waals surface area contributed by atoms with Gasteiger partial charge in [0.1, 0.15) is 0 Å². The topological polar surface area (TPSA) is 9.23 Å². The summed E-state index contributed by atoms with van der Waals surface area (Å²) in [4.78, 5) is 0. The summed E-state index contributed by atoms with van der Waals surface area (Å²) < 4.78 is 5.28. The van der Waals surface area contributed by atoms with Crippen LogP contribution in [0.4, 0.5) is 0 Å². The molecule has 0 unspecified atom stereocenters. The van der Waals surface area contributed by atoms with E-state index in [9.17, 15) is 0 Å². The van der Waals surface area contributed by atoms with E-state index in [1.165, 1.54) is 51.4 Å². The zero-order valence-electron chi connectivity index (χ0n) is 13.8. The first-order valence-electron chi connectivity index (χ1n) is 8.65. The van der Waals surface area contributed by atoms with E-state index in [0.29, 0.717) is 0 Å². The van der Waals surface area contributed by atoms with Crippen LogP contribution in [0.3, 0.4) is 0 Å². The van der Waals surface area contributed by atoms with Gasteiger partial charge in [-0.3, -0.25) is 0 Å². The largest absolute Gasteiger partial charge is 0.381 e. The third kappa shape index (κ3) is 8.68. The summed E-state index contributed by atoms with van der Waals surface area (Å²) in [5.74, 6) is 3.83. The maximum Gasteiger partial charge on any atom is 0.0468 e. The Morgan fingerprint density at radius 2 is 1.16 bits per heavy atom. The average Bonchev–Trinajstić information content (AvgIpc) is 2.82. The fourth-order valence-electron chi connectivity index (χ4n) is 3.56. The molecule has 0 bridgehead atoms. The van der Waals surface area contributed by atoms with E-state index in [2.05, 4.69) is 27.7 Å². The average molecular weight is 268 g/mol. The van der Waals surface area contributed by atoms with Crippen molar-refractivity contribution in [2.24, 2.45) is 23.7 Å². The molecule has 1 saturated carbocycles. The molecular formula is C18H36O. The summed E-state index contributed by atoms with van der Waals surface area (Å²) in [6.45, 7) is 11.3. The van der Waals surface area contributed by atoms with Crippen LogP contribution >= 0.6 is 0 Å². The van der Waals surface area contributed by atoms with Crippen LogP contribution in [0.25, 0.3) is 0 Å². The van der Waals surface area contributed by atoms with Gasteiger partial charge in [-0.15, -0.1) is 0 Å². The Bertz CT molecular complexity index is 198. The number of rotatable bonds is 4. The normalized spacial score (nSPS) is 21.8. The predicted molar refractivity (Wildman–Crippen MR) is 84.4 cm³/mol. The lowest BCUT2D eigenvalue weighted by atomic mass is 9.91. The Morgan fingerprint density at radius 3 is 1.58 bits per heavy atom. The van der Waals surface area contributed by atoms with E-state index in [4.69, 9.17) is 4.74 Å². The van der Waals surface area contributed by atoms with Gasteiger partial charge in [0.2, 0.25) is 0 Å². The van der Waals surface area contributed by atoms with Crippen molar-refractivity contribution in [2.75, 3.05) is 13.2 Å². The van der Waals surface area contributed by atoms with Crippen LogP contribution in [0, 0.1) is 23.7 Å². The molecule has 19 heavy (non-hydrogen) atoms. The quantitative estimate of drug-likeness (QED) is 0.637. The van der Waals surface area contributed by atoms with Gasteiger partial charge in [0.15, 0.2) is 0 Å². The van der Waals surface area contributed by atoms with Gasteiger partial charge in [-0.1, -0.05) is 53.4 Å². The number of ether oxygens (including phenoxy) is 1. The zero-order valence-corrected chi connectivity index (χ0v) is 13.8. The summed E-state index contributed by atoms with van der Waals surface area (Å²) >= 11 is 0. The predicted octanol–water partition coefficient (Wildman–Crippen LogP) is 5.68. The second-order valence-corrected chi connectivity index (χ2v) is 7.47. The van der Waals surface area contributed by atoms with Gasteiger partial charge in [-0.25, -0.2) is 0 Å². The minimum absolute atomic E-state index is 0.864. The van der Waals surface area contributed by atoms with Gasteiger partial charge in [0, 0.05) is 13.2 Å². The molecule has 2 aliphatic rings. The number of hydrogen-bond donors (Lipinski definition) is 0. The maximum absolute atomic E-state index is 5.28. The molecule has 114 valence electrons. The van der Waals surface area contributed by atoms with E-state index in [-0.39, 0.29) is 0 Å². The van der Waals surface area contributed by atoms with Crippen molar-refractivity contribution in [3.63, 3.8) is 0 Å². The Hall–Kier alpha value is -0.0400. The van der Waals surface area contributed by atoms with Crippen LogP contribution in [-0.4, -0.2) is 13.2 Å². The molecule has 0 N–H and O–H groups in total. The van der Waals surface area contributed by atoms with E-state index < -0.39 is 0 Å². The number of hydrogen-bond acceptors (Lipinski definition) is 1. The minimum Gasteiger partial charge on any atom is -0.381 e. The summed E-state index contributed by atoms with van der Waals surface area (Å²) in [5.41, 5.74) is 0. The van der Waals surface area contributed by atoms with Crippen molar-refractivity contribution < 1.29 is 4.74 Å². The molecule has 0 spiro atoms. The van der Waals surface area contributed by atoms with Crippen molar-refractivity contribution >= 4 is 0 Å². The lowest BCUT2D eigenvalue weighted by molar-refractivity contribution is 0.0602. The van der Waals surface area contributed by atoms with Crippen molar-refractivity contribution in [1.29, 1.82) is 0 Å². The first kappa shape index (κ1) is 17.0. The standard InChI is InChI=1S/C9H18O.C9H18/c1-8(2)7-9-3-5-10-6-4-9;1-8(2)7-9-5-3-4-6-9/h8-9H,3-7H2,1-2H3;8-9H,3-7H2,1-2H3. The van der Waals surface area contributed by atoms with Crippen molar-refractivity contribution in [3.8, 4) is 0 Å². The van der Waals surface area contributed by atoms with E-state index >= 15 is 0 Å². The molecule has 2 fully saturated rings. The molecule has 0 radical (unpaired) electrons. The van der Waals surface area contributed by atoms with Crippen LogP contribution in [0.2, 0.25) is 0 Å². The highest BCUT2D eigenvalue weighted by Gasteiger charge is 2.15. The van der Waals surface area contributed by atoms with Gasteiger partial charge in [-0.05, 0) is 49.4 Å². The van der Waals surface area contributed by atoms with Crippen LogP contribution in [-0.2, 0) is 4.74 Å². The molecule has 0 amide bonds. The molecule has 1 nitrogen and oxygen atoms in total. The van der Waals surface area contributed by atoms with Crippen LogP contribution < -0.4 is 0 Å². The maximum atomic E-state index is 5.28. The molecule has 1 aliphatic heterocycles.